The number of nitrogens with one attached hydrogen (secondary N) is 1. The number of piperidine rings is 1. The van der Waals surface area contributed by atoms with Gasteiger partial charge in [0.25, 0.3) is 0 Å². The zero-order valence-corrected chi connectivity index (χ0v) is 11.4. The Kier molecular flexibility index (Phi) is 5.23. The minimum Gasteiger partial charge on any atom is -0.463 e. The van der Waals surface area contributed by atoms with Crippen LogP contribution in [-0.2, 0) is 17.8 Å². The Labute approximate surface area is 109 Å². The molecule has 1 aliphatic heterocycles. The lowest BCUT2D eigenvalue weighted by Crippen LogP contribution is -2.36. The molecule has 4 heteroatoms. The number of rotatable bonds is 6. The van der Waals surface area contributed by atoms with Gasteiger partial charge in [0.05, 0.1) is 19.7 Å². The van der Waals surface area contributed by atoms with E-state index in [0.29, 0.717) is 5.92 Å². The summed E-state index contributed by atoms with van der Waals surface area (Å²) in [6.45, 7) is 4.88. The molecule has 18 heavy (non-hydrogen) atoms. The van der Waals surface area contributed by atoms with E-state index in [0.717, 1.165) is 37.8 Å². The standard InChI is InChI=1S/C14H24N2O2/c1-15-8-13-5-6-14(18-13)10-16-7-3-4-12(9-16)11-17-2/h5-6,12,15H,3-4,7-11H2,1-2H3. The maximum absolute atomic E-state index is 5.79. The van der Waals surface area contributed by atoms with Crippen molar-refractivity contribution in [2.75, 3.05) is 33.9 Å². The number of hydrogen-bond acceptors (Lipinski definition) is 4. The Balaban J connectivity index is 1.84. The molecule has 1 atom stereocenters. The molecule has 0 aromatic carbocycles. The highest BCUT2D eigenvalue weighted by Gasteiger charge is 2.20. The molecule has 0 aliphatic carbocycles. The van der Waals surface area contributed by atoms with E-state index in [-0.39, 0.29) is 0 Å². The number of furan rings is 1. The van der Waals surface area contributed by atoms with Crippen LogP contribution in [0.15, 0.2) is 16.5 Å². The maximum atomic E-state index is 5.79. The molecule has 102 valence electrons. The van der Waals surface area contributed by atoms with Crippen molar-refractivity contribution in [3.8, 4) is 0 Å². The highest BCUT2D eigenvalue weighted by Crippen LogP contribution is 2.19. The predicted octanol–water partition coefficient (Wildman–Crippen LogP) is 1.86. The molecule has 1 saturated heterocycles. The van der Waals surface area contributed by atoms with E-state index in [1.54, 1.807) is 7.11 Å². The summed E-state index contributed by atoms with van der Waals surface area (Å²) in [4.78, 5) is 2.47. The molecular formula is C14H24N2O2. The molecule has 1 aliphatic rings. The number of nitrogens with zero attached hydrogens (tertiary/aromatic N) is 1. The molecule has 1 fully saturated rings. The highest BCUT2D eigenvalue weighted by molar-refractivity contribution is 5.07. The van der Waals surface area contributed by atoms with Crippen LogP contribution in [-0.4, -0.2) is 38.8 Å². The van der Waals surface area contributed by atoms with Crippen LogP contribution >= 0.6 is 0 Å². The van der Waals surface area contributed by atoms with E-state index in [9.17, 15) is 0 Å². The second-order valence-electron chi connectivity index (χ2n) is 5.10. The number of hydrogen-bond donors (Lipinski definition) is 1. The van der Waals surface area contributed by atoms with Crippen molar-refractivity contribution in [2.24, 2.45) is 5.92 Å². The zero-order valence-electron chi connectivity index (χ0n) is 11.4. The molecule has 0 amide bonds. The molecule has 1 aromatic heterocycles. The molecule has 0 saturated carbocycles. The topological polar surface area (TPSA) is 37.6 Å². The smallest absolute Gasteiger partial charge is 0.118 e. The average molecular weight is 252 g/mol. The summed E-state index contributed by atoms with van der Waals surface area (Å²) < 4.78 is 11.0. The number of methoxy groups -OCH3 is 1. The molecule has 0 bridgehead atoms. The van der Waals surface area contributed by atoms with Gasteiger partial charge in [0.15, 0.2) is 0 Å². The monoisotopic (exact) mass is 252 g/mol. The van der Waals surface area contributed by atoms with E-state index in [1.165, 1.54) is 19.4 Å². The Morgan fingerprint density at radius 3 is 3.06 bits per heavy atom. The minimum atomic E-state index is 0.676. The number of ether oxygens (including phenoxy) is 1. The second kappa shape index (κ2) is 6.92. The SMILES string of the molecule is CNCc1ccc(CN2CCCC(COC)C2)o1. The third-order valence-corrected chi connectivity index (χ3v) is 3.45. The van der Waals surface area contributed by atoms with Crippen LogP contribution < -0.4 is 5.32 Å². The van der Waals surface area contributed by atoms with E-state index in [4.69, 9.17) is 9.15 Å². The van der Waals surface area contributed by atoms with Crippen LogP contribution in [0.4, 0.5) is 0 Å². The van der Waals surface area contributed by atoms with Gasteiger partial charge in [-0.25, -0.2) is 0 Å². The quantitative estimate of drug-likeness (QED) is 0.838. The lowest BCUT2D eigenvalue weighted by atomic mass is 9.99. The fourth-order valence-corrected chi connectivity index (χ4v) is 2.66. The maximum Gasteiger partial charge on any atom is 0.118 e. The van der Waals surface area contributed by atoms with Crippen molar-refractivity contribution < 1.29 is 9.15 Å². The van der Waals surface area contributed by atoms with E-state index < -0.39 is 0 Å². The summed E-state index contributed by atoms with van der Waals surface area (Å²) in [6.07, 6.45) is 2.55. The van der Waals surface area contributed by atoms with Crippen LogP contribution in [0.5, 0.6) is 0 Å². The van der Waals surface area contributed by atoms with Gasteiger partial charge in [-0.05, 0) is 44.5 Å². The molecule has 0 radical (unpaired) electrons. The first-order valence-electron chi connectivity index (χ1n) is 6.75. The van der Waals surface area contributed by atoms with Crippen molar-refractivity contribution in [1.82, 2.24) is 10.2 Å². The van der Waals surface area contributed by atoms with Gasteiger partial charge < -0.3 is 14.5 Å². The van der Waals surface area contributed by atoms with Gasteiger partial charge in [0.2, 0.25) is 0 Å². The van der Waals surface area contributed by atoms with Crippen molar-refractivity contribution in [1.29, 1.82) is 0 Å². The zero-order chi connectivity index (χ0) is 12.8. The lowest BCUT2D eigenvalue weighted by molar-refractivity contribution is 0.0838. The molecule has 1 N–H and O–H groups in total. The summed E-state index contributed by atoms with van der Waals surface area (Å²) in [5.74, 6) is 2.76. The van der Waals surface area contributed by atoms with Gasteiger partial charge in [-0.1, -0.05) is 0 Å². The molecule has 1 aromatic rings. The van der Waals surface area contributed by atoms with Gasteiger partial charge in [-0.15, -0.1) is 0 Å². The summed E-state index contributed by atoms with van der Waals surface area (Å²) in [5.41, 5.74) is 0. The third kappa shape index (κ3) is 3.83. The van der Waals surface area contributed by atoms with Gasteiger partial charge >= 0.3 is 0 Å². The normalized spacial score (nSPS) is 21.3. The van der Waals surface area contributed by atoms with Gasteiger partial charge in [0, 0.05) is 13.7 Å². The lowest BCUT2D eigenvalue weighted by Gasteiger charge is -2.31. The van der Waals surface area contributed by atoms with Gasteiger partial charge in [-0.2, -0.15) is 0 Å². The Morgan fingerprint density at radius 1 is 1.44 bits per heavy atom. The van der Waals surface area contributed by atoms with Crippen molar-refractivity contribution in [3.63, 3.8) is 0 Å². The fourth-order valence-electron chi connectivity index (χ4n) is 2.66. The summed E-state index contributed by atoms with van der Waals surface area (Å²) >= 11 is 0. The first-order valence-corrected chi connectivity index (χ1v) is 6.75. The summed E-state index contributed by atoms with van der Waals surface area (Å²) in [5, 5.41) is 3.10. The van der Waals surface area contributed by atoms with Crippen molar-refractivity contribution in [3.05, 3.63) is 23.7 Å². The van der Waals surface area contributed by atoms with Crippen LogP contribution in [0.1, 0.15) is 24.4 Å². The summed E-state index contributed by atoms with van der Waals surface area (Å²) in [7, 11) is 3.72. The molecular weight excluding hydrogens is 228 g/mol. The molecule has 0 spiro atoms. The van der Waals surface area contributed by atoms with Crippen LogP contribution in [0, 0.1) is 5.92 Å². The summed E-state index contributed by atoms with van der Waals surface area (Å²) in [6, 6.07) is 4.15. The molecule has 2 rings (SSSR count). The Hall–Kier alpha value is -0.840. The average Bonchev–Trinajstić information content (AvgIpc) is 2.78. The minimum absolute atomic E-state index is 0.676. The van der Waals surface area contributed by atoms with Crippen molar-refractivity contribution >= 4 is 0 Å². The Bertz CT molecular complexity index is 349. The second-order valence-corrected chi connectivity index (χ2v) is 5.10. The van der Waals surface area contributed by atoms with E-state index in [2.05, 4.69) is 22.3 Å². The number of likely N-dealkylation sites (tertiary alicyclic amines) is 1. The molecule has 1 unspecified atom stereocenters. The van der Waals surface area contributed by atoms with Gasteiger partial charge in [-0.3, -0.25) is 4.90 Å². The largest absolute Gasteiger partial charge is 0.463 e. The van der Waals surface area contributed by atoms with Crippen LogP contribution in [0.2, 0.25) is 0 Å². The predicted molar refractivity (Wildman–Crippen MR) is 71.3 cm³/mol. The molecule has 4 nitrogen and oxygen atoms in total. The first-order chi connectivity index (χ1) is 8.81. The fraction of sp³-hybridized carbons (Fsp3) is 0.714. The highest BCUT2D eigenvalue weighted by atomic mass is 16.5. The Morgan fingerprint density at radius 2 is 2.28 bits per heavy atom. The third-order valence-electron chi connectivity index (χ3n) is 3.45. The van der Waals surface area contributed by atoms with Crippen LogP contribution in [0.25, 0.3) is 0 Å². The van der Waals surface area contributed by atoms with Crippen molar-refractivity contribution in [2.45, 2.75) is 25.9 Å². The van der Waals surface area contributed by atoms with Crippen LogP contribution in [0.3, 0.4) is 0 Å². The van der Waals surface area contributed by atoms with E-state index >= 15 is 0 Å². The molecule has 2 heterocycles. The van der Waals surface area contributed by atoms with E-state index in [1.807, 2.05) is 7.05 Å². The van der Waals surface area contributed by atoms with Gasteiger partial charge in [0.1, 0.15) is 11.5 Å². The first kappa shape index (κ1) is 13.6.